The second kappa shape index (κ2) is 8.79. The van der Waals surface area contributed by atoms with E-state index in [9.17, 15) is 13.6 Å². The van der Waals surface area contributed by atoms with Gasteiger partial charge >= 0.3 is 6.61 Å². The van der Waals surface area contributed by atoms with E-state index in [0.29, 0.717) is 18.5 Å². The Bertz CT molecular complexity index is 1010. The van der Waals surface area contributed by atoms with E-state index in [2.05, 4.69) is 9.84 Å². The number of alkyl halides is 2. The molecule has 148 valence electrons. The van der Waals surface area contributed by atoms with Gasteiger partial charge in [-0.3, -0.25) is 9.69 Å². The van der Waals surface area contributed by atoms with Gasteiger partial charge in [-0.05, 0) is 37.7 Å². The van der Waals surface area contributed by atoms with Gasteiger partial charge in [0.2, 0.25) is 0 Å². The maximum atomic E-state index is 12.6. The topological polar surface area (TPSA) is 56.6 Å². The summed E-state index contributed by atoms with van der Waals surface area (Å²) in [7, 11) is 1.84. The van der Waals surface area contributed by atoms with Gasteiger partial charge in [0, 0.05) is 11.9 Å². The molecular formula is C20H21F2N3O3. The van der Waals surface area contributed by atoms with Crippen molar-refractivity contribution >= 4 is 10.8 Å². The van der Waals surface area contributed by atoms with Gasteiger partial charge in [0.05, 0.1) is 24.9 Å². The van der Waals surface area contributed by atoms with Crippen molar-refractivity contribution in [1.29, 1.82) is 0 Å². The number of aromatic nitrogens is 2. The summed E-state index contributed by atoms with van der Waals surface area (Å²) in [5.74, 6) is 0.255. The van der Waals surface area contributed by atoms with Crippen LogP contribution in [0.1, 0.15) is 12.5 Å². The summed E-state index contributed by atoms with van der Waals surface area (Å²) < 4.78 is 36.3. The maximum absolute atomic E-state index is 12.6. The van der Waals surface area contributed by atoms with Crippen molar-refractivity contribution in [3.63, 3.8) is 0 Å². The van der Waals surface area contributed by atoms with Gasteiger partial charge in [-0.15, -0.1) is 0 Å². The van der Waals surface area contributed by atoms with Crippen LogP contribution in [0.5, 0.6) is 11.5 Å². The van der Waals surface area contributed by atoms with Crippen molar-refractivity contribution < 1.29 is 18.3 Å². The van der Waals surface area contributed by atoms with Crippen LogP contribution < -0.4 is 15.0 Å². The van der Waals surface area contributed by atoms with E-state index in [-0.39, 0.29) is 23.7 Å². The zero-order chi connectivity index (χ0) is 20.1. The molecule has 8 heteroatoms. The number of rotatable bonds is 8. The Balaban J connectivity index is 1.76. The van der Waals surface area contributed by atoms with Crippen LogP contribution in [-0.2, 0) is 13.2 Å². The van der Waals surface area contributed by atoms with Gasteiger partial charge in [0.25, 0.3) is 5.56 Å². The van der Waals surface area contributed by atoms with Gasteiger partial charge in [0.1, 0.15) is 0 Å². The van der Waals surface area contributed by atoms with E-state index in [1.165, 1.54) is 10.7 Å². The predicted molar refractivity (Wildman–Crippen MR) is 102 cm³/mol. The number of fused-ring (bicyclic) bond motifs is 1. The number of benzene rings is 2. The molecule has 0 bridgehead atoms. The predicted octanol–water partition coefficient (Wildman–Crippen LogP) is 3.49. The molecule has 0 spiro atoms. The van der Waals surface area contributed by atoms with Crippen LogP contribution in [0.4, 0.5) is 8.78 Å². The summed E-state index contributed by atoms with van der Waals surface area (Å²) in [6.07, 6.45) is 1.66. The molecule has 1 aromatic heterocycles. The van der Waals surface area contributed by atoms with E-state index >= 15 is 0 Å². The van der Waals surface area contributed by atoms with E-state index in [1.807, 2.05) is 30.1 Å². The first-order valence-electron chi connectivity index (χ1n) is 8.82. The molecule has 3 aromatic rings. The van der Waals surface area contributed by atoms with E-state index in [4.69, 9.17) is 4.74 Å². The van der Waals surface area contributed by atoms with Crippen LogP contribution in [0.25, 0.3) is 10.8 Å². The minimum absolute atomic E-state index is 0.00401. The molecular weight excluding hydrogens is 368 g/mol. The summed E-state index contributed by atoms with van der Waals surface area (Å²) in [4.78, 5) is 14.5. The minimum Gasteiger partial charge on any atom is -0.490 e. The molecule has 0 fully saturated rings. The molecule has 0 saturated heterocycles. The van der Waals surface area contributed by atoms with Crippen LogP contribution in [0.3, 0.4) is 0 Å². The van der Waals surface area contributed by atoms with Crippen LogP contribution in [0.15, 0.2) is 53.5 Å². The molecule has 3 rings (SSSR count). The van der Waals surface area contributed by atoms with Crippen molar-refractivity contribution in [1.82, 2.24) is 14.7 Å². The van der Waals surface area contributed by atoms with Crippen molar-refractivity contribution in [3.8, 4) is 11.5 Å². The zero-order valence-electron chi connectivity index (χ0n) is 15.6. The zero-order valence-corrected chi connectivity index (χ0v) is 15.6. The summed E-state index contributed by atoms with van der Waals surface area (Å²) in [6, 6.07) is 12.1. The molecule has 1 heterocycles. The number of hydrogen-bond acceptors (Lipinski definition) is 5. The lowest BCUT2D eigenvalue weighted by atomic mass is 10.2. The normalized spacial score (nSPS) is 11.4. The summed E-state index contributed by atoms with van der Waals surface area (Å²) in [5.41, 5.74) is 0.669. The van der Waals surface area contributed by atoms with E-state index < -0.39 is 6.61 Å². The second-order valence-electron chi connectivity index (χ2n) is 6.28. The second-order valence-corrected chi connectivity index (χ2v) is 6.28. The van der Waals surface area contributed by atoms with Gasteiger partial charge in [-0.25, -0.2) is 4.68 Å². The van der Waals surface area contributed by atoms with Crippen molar-refractivity contribution in [3.05, 3.63) is 64.6 Å². The highest BCUT2D eigenvalue weighted by atomic mass is 19.3. The third-order valence-corrected chi connectivity index (χ3v) is 4.11. The summed E-state index contributed by atoms with van der Waals surface area (Å²) >= 11 is 0. The Labute approximate surface area is 160 Å². The number of nitrogens with zero attached hydrogens (tertiary/aromatic N) is 3. The fraction of sp³-hybridized carbons (Fsp3) is 0.300. The third kappa shape index (κ3) is 4.64. The fourth-order valence-electron chi connectivity index (χ4n) is 2.93. The Morgan fingerprint density at radius 1 is 1.18 bits per heavy atom. The van der Waals surface area contributed by atoms with E-state index in [0.717, 1.165) is 10.9 Å². The fourth-order valence-corrected chi connectivity index (χ4v) is 2.93. The lowest BCUT2D eigenvalue weighted by Gasteiger charge is -2.19. The monoisotopic (exact) mass is 389 g/mol. The molecule has 28 heavy (non-hydrogen) atoms. The smallest absolute Gasteiger partial charge is 0.387 e. The van der Waals surface area contributed by atoms with Crippen molar-refractivity contribution in [2.45, 2.75) is 26.7 Å². The van der Waals surface area contributed by atoms with Gasteiger partial charge < -0.3 is 9.47 Å². The van der Waals surface area contributed by atoms with Crippen LogP contribution in [0, 0.1) is 0 Å². The Morgan fingerprint density at radius 2 is 1.96 bits per heavy atom. The highest BCUT2D eigenvalue weighted by Gasteiger charge is 2.13. The SMILES string of the molecule is CCOc1cc(CN(C)Cn2ncc3ccccc3c2=O)ccc1OC(F)F. The first-order valence-corrected chi connectivity index (χ1v) is 8.82. The van der Waals surface area contributed by atoms with Crippen LogP contribution in [0.2, 0.25) is 0 Å². The first kappa shape index (κ1) is 19.8. The largest absolute Gasteiger partial charge is 0.490 e. The molecule has 0 N–H and O–H groups in total. The molecule has 0 saturated carbocycles. The Kier molecular flexibility index (Phi) is 6.20. The quantitative estimate of drug-likeness (QED) is 0.590. The molecule has 6 nitrogen and oxygen atoms in total. The lowest BCUT2D eigenvalue weighted by Crippen LogP contribution is -2.31. The first-order chi connectivity index (χ1) is 13.5. The summed E-state index contributed by atoms with van der Waals surface area (Å²) in [5, 5.41) is 5.62. The average molecular weight is 389 g/mol. The molecule has 0 aliphatic heterocycles. The highest BCUT2D eigenvalue weighted by molar-refractivity contribution is 5.80. The minimum atomic E-state index is -2.92. The highest BCUT2D eigenvalue weighted by Crippen LogP contribution is 2.30. The molecule has 0 aliphatic carbocycles. The van der Waals surface area contributed by atoms with Crippen molar-refractivity contribution in [2.24, 2.45) is 0 Å². The molecule has 2 aromatic carbocycles. The van der Waals surface area contributed by atoms with Crippen LogP contribution in [-0.4, -0.2) is 34.9 Å². The lowest BCUT2D eigenvalue weighted by molar-refractivity contribution is -0.0514. The van der Waals surface area contributed by atoms with Gasteiger partial charge in [-0.1, -0.05) is 24.3 Å². The van der Waals surface area contributed by atoms with Gasteiger partial charge in [0.15, 0.2) is 11.5 Å². The van der Waals surface area contributed by atoms with Crippen LogP contribution >= 0.6 is 0 Å². The molecule has 0 aliphatic rings. The molecule has 0 amide bonds. The van der Waals surface area contributed by atoms with Crippen molar-refractivity contribution in [2.75, 3.05) is 13.7 Å². The molecule has 0 unspecified atom stereocenters. The number of halogens is 2. The summed E-state index contributed by atoms with van der Waals surface area (Å²) in [6.45, 7) is -0.0738. The molecule has 0 atom stereocenters. The average Bonchev–Trinajstić information content (AvgIpc) is 2.66. The third-order valence-electron chi connectivity index (χ3n) is 4.11. The van der Waals surface area contributed by atoms with Gasteiger partial charge in [-0.2, -0.15) is 13.9 Å². The Hall–Kier alpha value is -3.00. The Morgan fingerprint density at radius 3 is 2.71 bits per heavy atom. The van der Waals surface area contributed by atoms with E-state index in [1.54, 1.807) is 31.3 Å². The molecule has 0 radical (unpaired) electrons. The maximum Gasteiger partial charge on any atom is 0.387 e. The number of hydrogen-bond donors (Lipinski definition) is 0. The number of ether oxygens (including phenoxy) is 2. The standard InChI is InChI=1S/C20H21F2N3O3/c1-3-27-18-10-14(8-9-17(18)28-20(21)22)12-24(2)13-25-19(26)16-7-5-4-6-15(16)11-23-25/h4-11,20H,3,12-13H2,1-2H3.